The molecule has 0 spiro atoms. The third-order valence-corrected chi connectivity index (χ3v) is 2.22. The third-order valence-electron chi connectivity index (χ3n) is 1.88. The summed E-state index contributed by atoms with van der Waals surface area (Å²) in [6, 6.07) is 5.52. The molecule has 0 bridgehead atoms. The molecule has 0 atom stereocenters. The minimum absolute atomic E-state index is 0.0926. The number of halogens is 2. The van der Waals surface area contributed by atoms with E-state index >= 15 is 0 Å². The molecule has 0 radical (unpaired) electrons. The highest BCUT2D eigenvalue weighted by Crippen LogP contribution is 2.34. The Kier molecular flexibility index (Phi) is 2.81. The molecule has 1 heterocycles. The van der Waals surface area contributed by atoms with E-state index in [0.717, 1.165) is 0 Å². The second kappa shape index (κ2) is 4.26. The largest absolute Gasteiger partial charge is 0.333 e. The van der Waals surface area contributed by atoms with Gasteiger partial charge in [-0.25, -0.2) is 9.18 Å². The van der Waals surface area contributed by atoms with Crippen molar-refractivity contribution in [1.82, 2.24) is 5.16 Å². The molecule has 2 rings (SSSR count). The van der Waals surface area contributed by atoms with Crippen LogP contribution in [0.3, 0.4) is 0 Å². The van der Waals surface area contributed by atoms with Gasteiger partial charge in [-0.05, 0) is 24.3 Å². The summed E-state index contributed by atoms with van der Waals surface area (Å²) < 4.78 is 17.4. The Balaban J connectivity index is 2.48. The summed E-state index contributed by atoms with van der Waals surface area (Å²) >= 11 is 5.85. The zero-order valence-electron chi connectivity index (χ0n) is 7.78. The molecule has 0 fully saturated rings. The van der Waals surface area contributed by atoms with E-state index in [9.17, 15) is 9.18 Å². The van der Waals surface area contributed by atoms with Crippen LogP contribution in [0.4, 0.5) is 10.3 Å². The van der Waals surface area contributed by atoms with Crippen molar-refractivity contribution in [2.75, 3.05) is 0 Å². The molecule has 2 aromatic rings. The maximum absolute atomic E-state index is 12.7. The van der Waals surface area contributed by atoms with Gasteiger partial charge in [-0.3, -0.25) is 0 Å². The zero-order chi connectivity index (χ0) is 11.5. The average molecular weight is 239 g/mol. The molecular formula is C10H4ClFN2O2. The predicted octanol–water partition coefficient (Wildman–Crippen LogP) is 3.10. The van der Waals surface area contributed by atoms with Crippen molar-refractivity contribution in [2.24, 2.45) is 4.99 Å². The Bertz CT molecular complexity index is 559. The molecule has 0 aliphatic rings. The van der Waals surface area contributed by atoms with Crippen molar-refractivity contribution in [1.29, 1.82) is 0 Å². The maximum Gasteiger partial charge on any atom is 0.280 e. The topological polar surface area (TPSA) is 55.5 Å². The van der Waals surface area contributed by atoms with Gasteiger partial charge in [0.05, 0.1) is 0 Å². The molecule has 0 unspecified atom stereocenters. The van der Waals surface area contributed by atoms with Crippen LogP contribution in [0.1, 0.15) is 0 Å². The zero-order valence-corrected chi connectivity index (χ0v) is 8.53. The Morgan fingerprint density at radius 1 is 1.38 bits per heavy atom. The summed E-state index contributed by atoms with van der Waals surface area (Å²) in [7, 11) is 0. The van der Waals surface area contributed by atoms with Crippen LogP contribution in [0.5, 0.6) is 0 Å². The number of hydrogen-bond donors (Lipinski definition) is 0. The molecule has 0 N–H and O–H groups in total. The van der Waals surface area contributed by atoms with Crippen LogP contribution in [0.15, 0.2) is 33.8 Å². The summed E-state index contributed by atoms with van der Waals surface area (Å²) in [6.45, 7) is 0. The van der Waals surface area contributed by atoms with E-state index in [1.807, 2.05) is 0 Å². The fraction of sp³-hybridized carbons (Fsp3) is 0. The van der Waals surface area contributed by atoms with Crippen molar-refractivity contribution < 1.29 is 13.7 Å². The van der Waals surface area contributed by atoms with Crippen LogP contribution in [0.25, 0.3) is 11.3 Å². The van der Waals surface area contributed by atoms with Crippen molar-refractivity contribution >= 4 is 23.6 Å². The normalized spacial score (nSPS) is 9.88. The van der Waals surface area contributed by atoms with E-state index in [2.05, 4.69) is 10.1 Å². The molecule has 16 heavy (non-hydrogen) atoms. The number of aliphatic imine (C=N–C) groups is 1. The molecule has 0 aliphatic carbocycles. The molecule has 0 amide bonds. The van der Waals surface area contributed by atoms with Gasteiger partial charge in [0, 0.05) is 5.56 Å². The van der Waals surface area contributed by atoms with Crippen LogP contribution in [-0.2, 0) is 4.79 Å². The quantitative estimate of drug-likeness (QED) is 0.597. The monoisotopic (exact) mass is 238 g/mol. The molecule has 80 valence electrons. The SMILES string of the molecule is O=C=Nc1onc(-c2ccc(F)cc2)c1Cl. The lowest BCUT2D eigenvalue weighted by molar-refractivity contribution is 0.432. The van der Waals surface area contributed by atoms with Crippen molar-refractivity contribution in [3.63, 3.8) is 0 Å². The van der Waals surface area contributed by atoms with Crippen LogP contribution in [0.2, 0.25) is 5.02 Å². The number of rotatable bonds is 2. The van der Waals surface area contributed by atoms with Crippen molar-refractivity contribution in [3.8, 4) is 11.3 Å². The van der Waals surface area contributed by atoms with Gasteiger partial charge in [0.1, 0.15) is 16.5 Å². The standard InChI is InChI=1S/C10H4ClFN2O2/c11-8-9(14-16-10(8)13-5-15)6-1-3-7(12)4-2-6/h1-4H. The van der Waals surface area contributed by atoms with Gasteiger partial charge < -0.3 is 4.52 Å². The Morgan fingerprint density at radius 3 is 2.69 bits per heavy atom. The van der Waals surface area contributed by atoms with Crippen molar-refractivity contribution in [3.05, 3.63) is 35.1 Å². The van der Waals surface area contributed by atoms with E-state index in [1.54, 1.807) is 0 Å². The van der Waals surface area contributed by atoms with E-state index < -0.39 is 0 Å². The highest BCUT2D eigenvalue weighted by Gasteiger charge is 2.15. The Labute approximate surface area is 94.3 Å². The highest BCUT2D eigenvalue weighted by molar-refractivity contribution is 6.35. The van der Waals surface area contributed by atoms with Gasteiger partial charge in [0.15, 0.2) is 0 Å². The molecule has 0 saturated carbocycles. The average Bonchev–Trinajstić information content (AvgIpc) is 2.63. The van der Waals surface area contributed by atoms with E-state index in [0.29, 0.717) is 11.3 Å². The molecule has 0 aliphatic heterocycles. The number of isocyanates is 1. The third kappa shape index (κ3) is 1.86. The molecular weight excluding hydrogens is 235 g/mol. The first-order valence-electron chi connectivity index (χ1n) is 4.21. The second-order valence-electron chi connectivity index (χ2n) is 2.86. The fourth-order valence-corrected chi connectivity index (χ4v) is 1.39. The number of carbonyl (C=O) groups excluding carboxylic acids is 1. The van der Waals surface area contributed by atoms with E-state index in [4.69, 9.17) is 16.1 Å². The Morgan fingerprint density at radius 2 is 2.06 bits per heavy atom. The van der Waals surface area contributed by atoms with Gasteiger partial charge in [0.25, 0.3) is 5.88 Å². The van der Waals surface area contributed by atoms with Gasteiger partial charge in [-0.1, -0.05) is 16.8 Å². The Hall–Kier alpha value is -1.97. The second-order valence-corrected chi connectivity index (χ2v) is 3.24. The molecule has 4 nitrogen and oxygen atoms in total. The first kappa shape index (κ1) is 10.5. The molecule has 1 aromatic heterocycles. The highest BCUT2D eigenvalue weighted by atomic mass is 35.5. The number of hydrogen-bond acceptors (Lipinski definition) is 4. The van der Waals surface area contributed by atoms with Crippen LogP contribution < -0.4 is 0 Å². The fourth-order valence-electron chi connectivity index (χ4n) is 1.17. The number of benzene rings is 1. The molecule has 0 saturated heterocycles. The van der Waals surface area contributed by atoms with Gasteiger partial charge in [-0.15, -0.1) is 4.99 Å². The maximum atomic E-state index is 12.7. The predicted molar refractivity (Wildman–Crippen MR) is 54.7 cm³/mol. The smallest absolute Gasteiger partial charge is 0.280 e. The lowest BCUT2D eigenvalue weighted by atomic mass is 10.1. The number of aromatic nitrogens is 1. The summed E-state index contributed by atoms with van der Waals surface area (Å²) in [5.41, 5.74) is 0.873. The molecule has 6 heteroatoms. The summed E-state index contributed by atoms with van der Waals surface area (Å²) in [5.74, 6) is -0.481. The summed E-state index contributed by atoms with van der Waals surface area (Å²) in [4.78, 5) is 13.3. The summed E-state index contributed by atoms with van der Waals surface area (Å²) in [5, 5.41) is 3.72. The first-order valence-corrected chi connectivity index (χ1v) is 4.59. The minimum atomic E-state index is -0.366. The van der Waals surface area contributed by atoms with Gasteiger partial charge >= 0.3 is 0 Å². The van der Waals surface area contributed by atoms with Crippen molar-refractivity contribution in [2.45, 2.75) is 0 Å². The van der Waals surface area contributed by atoms with E-state index in [-0.39, 0.29) is 16.7 Å². The van der Waals surface area contributed by atoms with Crippen LogP contribution in [0, 0.1) is 5.82 Å². The molecule has 1 aromatic carbocycles. The van der Waals surface area contributed by atoms with Gasteiger partial charge in [-0.2, -0.15) is 0 Å². The van der Waals surface area contributed by atoms with Gasteiger partial charge in [0.2, 0.25) is 6.08 Å². The lowest BCUT2D eigenvalue weighted by Gasteiger charge is -1.95. The lowest BCUT2D eigenvalue weighted by Crippen LogP contribution is -1.79. The first-order chi connectivity index (χ1) is 7.72. The number of nitrogens with zero attached hydrogens (tertiary/aromatic N) is 2. The van der Waals surface area contributed by atoms with Crippen LogP contribution in [-0.4, -0.2) is 11.2 Å². The van der Waals surface area contributed by atoms with E-state index in [1.165, 1.54) is 30.3 Å². The van der Waals surface area contributed by atoms with Crippen LogP contribution >= 0.6 is 11.6 Å². The minimum Gasteiger partial charge on any atom is -0.333 e. The summed E-state index contributed by atoms with van der Waals surface area (Å²) in [6.07, 6.45) is 1.30.